The quantitative estimate of drug-likeness (QED) is 0.445. The first kappa shape index (κ1) is 19.5. The predicted molar refractivity (Wildman–Crippen MR) is 111 cm³/mol. The van der Waals surface area contributed by atoms with Crippen LogP contribution in [0.1, 0.15) is 61.0 Å². The van der Waals surface area contributed by atoms with Gasteiger partial charge in [-0.15, -0.1) is 0 Å². The standard InChI is InChI=1S/C23H21F2N5O2/c1-12-27-21-20(17-5-2-15(24)9-18(17)25)28-22(29-23(21)32-12)13-6-7-31-19(8-13)14-10-26-30(11-14)16-3-4-16/h2,5,9-11,13,16,19H,3-4,6-8H2,1H3/t13-,19-/m0/s1. The molecular formula is C23H21F2N5O2. The largest absolute Gasteiger partial charge is 0.422 e. The van der Waals surface area contributed by atoms with Crippen molar-refractivity contribution >= 4 is 11.2 Å². The molecule has 1 aromatic carbocycles. The van der Waals surface area contributed by atoms with E-state index in [1.807, 2.05) is 10.9 Å². The lowest BCUT2D eigenvalue weighted by Gasteiger charge is -2.28. The highest BCUT2D eigenvalue weighted by Gasteiger charge is 2.31. The molecule has 32 heavy (non-hydrogen) atoms. The van der Waals surface area contributed by atoms with E-state index in [-0.39, 0.29) is 17.6 Å². The Morgan fingerprint density at radius 2 is 1.97 bits per heavy atom. The highest BCUT2D eigenvalue weighted by atomic mass is 19.1. The van der Waals surface area contributed by atoms with E-state index in [0.29, 0.717) is 47.7 Å². The van der Waals surface area contributed by atoms with E-state index in [0.717, 1.165) is 18.1 Å². The zero-order valence-corrected chi connectivity index (χ0v) is 17.5. The summed E-state index contributed by atoms with van der Waals surface area (Å²) < 4.78 is 41.8. The van der Waals surface area contributed by atoms with Crippen LogP contribution in [0.5, 0.6) is 0 Å². The number of benzene rings is 1. The third-order valence-electron chi connectivity index (χ3n) is 6.13. The first-order valence-electron chi connectivity index (χ1n) is 10.8. The number of aromatic nitrogens is 5. The van der Waals surface area contributed by atoms with Gasteiger partial charge in [-0.2, -0.15) is 10.1 Å². The zero-order valence-electron chi connectivity index (χ0n) is 17.5. The maximum absolute atomic E-state index is 14.6. The van der Waals surface area contributed by atoms with Crippen LogP contribution in [-0.2, 0) is 4.74 Å². The molecule has 2 atom stereocenters. The predicted octanol–water partition coefficient (Wildman–Crippen LogP) is 5.04. The fourth-order valence-electron chi connectivity index (χ4n) is 4.32. The lowest BCUT2D eigenvalue weighted by molar-refractivity contribution is 0.00394. The van der Waals surface area contributed by atoms with Crippen molar-refractivity contribution in [3.05, 3.63) is 59.5 Å². The highest BCUT2D eigenvalue weighted by Crippen LogP contribution is 2.40. The summed E-state index contributed by atoms with van der Waals surface area (Å²) in [5.74, 6) is -0.390. The smallest absolute Gasteiger partial charge is 0.250 e. The van der Waals surface area contributed by atoms with Crippen molar-refractivity contribution in [3.8, 4) is 11.3 Å². The number of rotatable bonds is 4. The molecule has 9 heteroatoms. The molecule has 1 saturated carbocycles. The topological polar surface area (TPSA) is 78.9 Å². The van der Waals surface area contributed by atoms with Crippen molar-refractivity contribution in [1.82, 2.24) is 24.7 Å². The third kappa shape index (κ3) is 3.46. The molecular weight excluding hydrogens is 416 g/mol. The molecule has 0 radical (unpaired) electrons. The van der Waals surface area contributed by atoms with Gasteiger partial charge in [0.2, 0.25) is 0 Å². The molecule has 6 rings (SSSR count). The molecule has 1 saturated heterocycles. The molecule has 2 aliphatic rings. The van der Waals surface area contributed by atoms with E-state index in [4.69, 9.17) is 14.1 Å². The van der Waals surface area contributed by atoms with Crippen LogP contribution in [0.2, 0.25) is 0 Å². The summed E-state index contributed by atoms with van der Waals surface area (Å²) in [5.41, 5.74) is 2.19. The number of nitrogens with zero attached hydrogens (tertiary/aromatic N) is 5. The van der Waals surface area contributed by atoms with E-state index in [9.17, 15) is 8.78 Å². The van der Waals surface area contributed by atoms with E-state index < -0.39 is 11.6 Å². The zero-order chi connectivity index (χ0) is 21.8. The maximum Gasteiger partial charge on any atom is 0.250 e. The van der Waals surface area contributed by atoms with Crippen LogP contribution in [0.4, 0.5) is 8.78 Å². The van der Waals surface area contributed by atoms with Gasteiger partial charge >= 0.3 is 0 Å². The normalized spacial score (nSPS) is 21.3. The Bertz CT molecular complexity index is 1310. The van der Waals surface area contributed by atoms with Gasteiger partial charge in [-0.1, -0.05) is 0 Å². The number of ether oxygens (including phenoxy) is 1. The second kappa shape index (κ2) is 7.44. The molecule has 2 fully saturated rings. The summed E-state index contributed by atoms with van der Waals surface area (Å²) in [6, 6.07) is 3.94. The van der Waals surface area contributed by atoms with Gasteiger partial charge in [0, 0.05) is 42.8 Å². The lowest BCUT2D eigenvalue weighted by Crippen LogP contribution is -2.20. The van der Waals surface area contributed by atoms with Crippen LogP contribution in [-0.4, -0.2) is 31.3 Å². The van der Waals surface area contributed by atoms with Crippen LogP contribution in [0.25, 0.3) is 22.5 Å². The van der Waals surface area contributed by atoms with Crippen molar-refractivity contribution in [1.29, 1.82) is 0 Å². The van der Waals surface area contributed by atoms with Crippen molar-refractivity contribution in [3.63, 3.8) is 0 Å². The van der Waals surface area contributed by atoms with E-state index >= 15 is 0 Å². The number of aryl methyl sites for hydroxylation is 1. The minimum absolute atomic E-state index is 0.00455. The number of hydrogen-bond acceptors (Lipinski definition) is 6. The van der Waals surface area contributed by atoms with Crippen molar-refractivity contribution in [2.24, 2.45) is 0 Å². The average Bonchev–Trinajstić information content (AvgIpc) is 3.38. The molecule has 0 amide bonds. The SMILES string of the molecule is Cc1nc2c(-c3ccc(F)cc3F)nc([C@H]3CCO[C@H](c4cnn(C5CC5)c4)C3)nc2o1. The molecule has 0 N–H and O–H groups in total. The van der Waals surface area contributed by atoms with E-state index in [2.05, 4.69) is 21.3 Å². The Morgan fingerprint density at radius 3 is 2.78 bits per heavy atom. The molecule has 0 bridgehead atoms. The molecule has 7 nitrogen and oxygen atoms in total. The van der Waals surface area contributed by atoms with Gasteiger partial charge in [0.15, 0.2) is 11.4 Å². The fourth-order valence-corrected chi connectivity index (χ4v) is 4.32. The van der Waals surface area contributed by atoms with Crippen LogP contribution in [0, 0.1) is 18.6 Å². The van der Waals surface area contributed by atoms with E-state index in [1.54, 1.807) is 6.92 Å². The molecule has 164 valence electrons. The van der Waals surface area contributed by atoms with Gasteiger partial charge in [0.05, 0.1) is 18.3 Å². The highest BCUT2D eigenvalue weighted by molar-refractivity contribution is 5.86. The Balaban J connectivity index is 1.37. The average molecular weight is 437 g/mol. The number of halogens is 2. The first-order valence-corrected chi connectivity index (χ1v) is 10.8. The van der Waals surface area contributed by atoms with E-state index in [1.165, 1.54) is 25.0 Å². The number of hydrogen-bond donors (Lipinski definition) is 0. The summed E-state index contributed by atoms with van der Waals surface area (Å²) >= 11 is 0. The fraction of sp³-hybridized carbons (Fsp3) is 0.391. The third-order valence-corrected chi connectivity index (χ3v) is 6.13. The minimum atomic E-state index is -0.700. The van der Waals surface area contributed by atoms with Crippen molar-refractivity contribution in [2.75, 3.05) is 6.61 Å². The lowest BCUT2D eigenvalue weighted by atomic mass is 9.92. The summed E-state index contributed by atoms with van der Waals surface area (Å²) in [4.78, 5) is 13.6. The van der Waals surface area contributed by atoms with Gasteiger partial charge in [-0.3, -0.25) is 4.68 Å². The summed E-state index contributed by atoms with van der Waals surface area (Å²) in [6.45, 7) is 2.26. The van der Waals surface area contributed by atoms with Crippen LogP contribution in [0.15, 0.2) is 35.0 Å². The van der Waals surface area contributed by atoms with Gasteiger partial charge in [0.25, 0.3) is 5.71 Å². The van der Waals surface area contributed by atoms with Crippen molar-refractivity contribution in [2.45, 2.75) is 50.7 Å². The summed E-state index contributed by atoms with van der Waals surface area (Å²) in [6.07, 6.45) is 7.58. The first-order chi connectivity index (χ1) is 15.5. The van der Waals surface area contributed by atoms with Crippen molar-refractivity contribution < 1.29 is 17.9 Å². The monoisotopic (exact) mass is 437 g/mol. The molecule has 1 aliphatic heterocycles. The molecule has 4 aromatic rings. The van der Waals surface area contributed by atoms with Crippen LogP contribution >= 0.6 is 0 Å². The Morgan fingerprint density at radius 1 is 1.09 bits per heavy atom. The Labute approximate surface area is 182 Å². The molecule has 1 aliphatic carbocycles. The van der Waals surface area contributed by atoms with Gasteiger partial charge in [0.1, 0.15) is 23.2 Å². The van der Waals surface area contributed by atoms with Crippen LogP contribution < -0.4 is 0 Å². The minimum Gasteiger partial charge on any atom is -0.422 e. The number of oxazole rings is 1. The summed E-state index contributed by atoms with van der Waals surface area (Å²) in [7, 11) is 0. The van der Waals surface area contributed by atoms with Crippen LogP contribution in [0.3, 0.4) is 0 Å². The second-order valence-electron chi connectivity index (χ2n) is 8.51. The summed E-state index contributed by atoms with van der Waals surface area (Å²) in [5, 5.41) is 4.48. The molecule has 0 unspecified atom stereocenters. The Hall–Kier alpha value is -3.20. The number of fused-ring (bicyclic) bond motifs is 1. The Kier molecular flexibility index (Phi) is 4.53. The van der Waals surface area contributed by atoms with Gasteiger partial charge in [-0.05, 0) is 37.8 Å². The van der Waals surface area contributed by atoms with Gasteiger partial charge in [-0.25, -0.2) is 18.7 Å². The molecule has 3 aromatic heterocycles. The maximum atomic E-state index is 14.6. The second-order valence-corrected chi connectivity index (χ2v) is 8.51. The van der Waals surface area contributed by atoms with Gasteiger partial charge < -0.3 is 9.15 Å². The molecule has 4 heterocycles. The molecule has 0 spiro atoms.